The largest absolute Gasteiger partial charge is 0.481 e. The number of carbonyl (C=O) groups excluding carboxylic acids is 4. The van der Waals surface area contributed by atoms with E-state index in [2.05, 4.69) is 17.6 Å². The number of nitrogens with one attached hydrogen (secondary N) is 2. The Morgan fingerprint density at radius 3 is 1.98 bits per heavy atom. The van der Waals surface area contributed by atoms with Gasteiger partial charge in [0, 0.05) is 63.7 Å². The van der Waals surface area contributed by atoms with Crippen LogP contribution >= 0.6 is 0 Å². The van der Waals surface area contributed by atoms with Crippen LogP contribution in [0.3, 0.4) is 0 Å². The highest BCUT2D eigenvalue weighted by molar-refractivity contribution is 5.88. The molecule has 14 heteroatoms. The van der Waals surface area contributed by atoms with E-state index >= 15 is 0 Å². The van der Waals surface area contributed by atoms with Gasteiger partial charge < -0.3 is 40.8 Å². The number of carbonyl (C=O) groups is 6. The lowest BCUT2D eigenvalue weighted by Crippen LogP contribution is -2.44. The van der Waals surface area contributed by atoms with Crippen molar-refractivity contribution in [1.82, 2.24) is 10.6 Å². The van der Waals surface area contributed by atoms with Crippen LogP contribution in [0, 0.1) is 17.8 Å². The number of Topliss-reactive ketones (excluding diaryl/α,β-unsaturated/α-hetero) is 2. The Kier molecular flexibility index (Phi) is 25.0. The van der Waals surface area contributed by atoms with Gasteiger partial charge in [-0.15, -0.1) is 0 Å². The zero-order valence-electron chi connectivity index (χ0n) is 29.4. The molecule has 0 aromatic carbocycles. The lowest BCUT2D eigenvalue weighted by Gasteiger charge is -2.28. The van der Waals surface area contributed by atoms with E-state index in [1.165, 1.54) is 0 Å². The van der Waals surface area contributed by atoms with E-state index in [4.69, 9.17) is 25.1 Å². The lowest BCUT2D eigenvalue weighted by atomic mass is 9.79. The monoisotopic (exact) mass is 699 g/mol. The molecule has 0 saturated heterocycles. The van der Waals surface area contributed by atoms with Crippen LogP contribution < -0.4 is 16.4 Å². The maximum atomic E-state index is 12.9. The van der Waals surface area contributed by atoms with Gasteiger partial charge in [-0.25, -0.2) is 4.79 Å². The second kappa shape index (κ2) is 27.8. The minimum Gasteiger partial charge on any atom is -0.481 e. The average Bonchev–Trinajstić information content (AvgIpc) is 3.08. The highest BCUT2D eigenvalue weighted by Gasteiger charge is 2.30. The van der Waals surface area contributed by atoms with Crippen LogP contribution in [0.25, 0.3) is 0 Å². The van der Waals surface area contributed by atoms with Gasteiger partial charge in [0.15, 0.2) is 0 Å². The van der Waals surface area contributed by atoms with Gasteiger partial charge in [-0.3, -0.25) is 24.0 Å². The van der Waals surface area contributed by atoms with Crippen molar-refractivity contribution in [2.45, 2.75) is 116 Å². The molecule has 0 aromatic heterocycles. The summed E-state index contributed by atoms with van der Waals surface area (Å²) in [5, 5.41) is 24.1. The second-order valence-corrected chi connectivity index (χ2v) is 12.8. The van der Waals surface area contributed by atoms with Gasteiger partial charge in [-0.05, 0) is 76.7 Å². The molecule has 0 bridgehead atoms. The van der Waals surface area contributed by atoms with E-state index in [-0.39, 0.29) is 62.0 Å². The predicted molar refractivity (Wildman–Crippen MR) is 182 cm³/mol. The Hall–Kier alpha value is -2.94. The fourth-order valence-electron chi connectivity index (χ4n) is 5.69. The number of aliphatic carboxylic acids is 2. The van der Waals surface area contributed by atoms with Crippen LogP contribution in [0.2, 0.25) is 0 Å². The molecule has 1 saturated carbocycles. The number of nitrogens with two attached hydrogens (primary N) is 1. The predicted octanol–water partition coefficient (Wildman–Crippen LogP) is 3.03. The third kappa shape index (κ3) is 22.4. The van der Waals surface area contributed by atoms with E-state index < -0.39 is 29.8 Å². The molecule has 1 aliphatic rings. The molecule has 0 heterocycles. The SMILES string of the molecule is CCCCC(=O)CCC1CCC(C(=O)NC(CCC(=O)CC(CCC(=O)O)C(=O)NCCCOCCOCCOCCCN)C(=O)O)CC1. The number of ether oxygens (including phenoxy) is 3. The van der Waals surface area contributed by atoms with E-state index in [0.29, 0.717) is 84.2 Å². The van der Waals surface area contributed by atoms with Crippen LogP contribution in [0.1, 0.15) is 110 Å². The summed E-state index contributed by atoms with van der Waals surface area (Å²) in [6, 6.07) is -1.25. The van der Waals surface area contributed by atoms with Gasteiger partial charge in [0.2, 0.25) is 11.8 Å². The van der Waals surface area contributed by atoms with Crippen LogP contribution in [0.5, 0.6) is 0 Å². The number of hydrogen-bond acceptors (Lipinski definition) is 10. The van der Waals surface area contributed by atoms with Gasteiger partial charge in [0.25, 0.3) is 0 Å². The number of hydrogen-bond donors (Lipinski definition) is 5. The molecular weight excluding hydrogens is 638 g/mol. The molecule has 49 heavy (non-hydrogen) atoms. The zero-order valence-corrected chi connectivity index (χ0v) is 29.4. The first-order valence-corrected chi connectivity index (χ1v) is 18.1. The Bertz CT molecular complexity index is 986. The number of rotatable bonds is 31. The van der Waals surface area contributed by atoms with E-state index in [0.717, 1.165) is 38.5 Å². The first kappa shape index (κ1) is 44.1. The summed E-state index contributed by atoms with van der Waals surface area (Å²) in [7, 11) is 0. The maximum Gasteiger partial charge on any atom is 0.326 e. The van der Waals surface area contributed by atoms with Crippen molar-refractivity contribution in [1.29, 1.82) is 0 Å². The lowest BCUT2D eigenvalue weighted by molar-refractivity contribution is -0.143. The molecule has 282 valence electrons. The van der Waals surface area contributed by atoms with Crippen LogP contribution in [-0.4, -0.2) is 104 Å². The van der Waals surface area contributed by atoms with Crippen LogP contribution in [0.15, 0.2) is 0 Å². The standard InChI is InChI=1S/C35H61N3O11/c1-2-3-6-29(39)13-9-26-7-10-27(11-8-26)34(44)38-31(35(45)46)15-14-30(40)25-28(12-16-32(41)42)33(43)37-18-5-20-48-22-24-49-23-21-47-19-4-17-36/h26-28,31H,2-25,36H2,1H3,(H,37,43)(H,38,44)(H,41,42)(H,45,46). The molecule has 0 spiro atoms. The van der Waals surface area contributed by atoms with Crippen molar-refractivity contribution in [2.24, 2.45) is 23.5 Å². The Morgan fingerprint density at radius 1 is 0.755 bits per heavy atom. The molecule has 2 unspecified atom stereocenters. The van der Waals surface area contributed by atoms with Gasteiger partial charge >= 0.3 is 11.9 Å². The molecule has 0 aromatic rings. The molecule has 2 atom stereocenters. The minimum atomic E-state index is -1.25. The number of ketones is 2. The molecular formula is C35H61N3O11. The van der Waals surface area contributed by atoms with Crippen molar-refractivity contribution < 1.29 is 53.2 Å². The number of carboxylic acid groups (broad SMARTS) is 2. The summed E-state index contributed by atoms with van der Waals surface area (Å²) in [5.74, 6) is -4.04. The van der Waals surface area contributed by atoms with Gasteiger partial charge in [-0.1, -0.05) is 13.3 Å². The second-order valence-electron chi connectivity index (χ2n) is 12.8. The van der Waals surface area contributed by atoms with Gasteiger partial charge in [0.1, 0.15) is 17.6 Å². The summed E-state index contributed by atoms with van der Waals surface area (Å²) in [4.78, 5) is 73.5. The average molecular weight is 700 g/mol. The molecule has 14 nitrogen and oxygen atoms in total. The Balaban J connectivity index is 2.40. The highest BCUT2D eigenvalue weighted by Crippen LogP contribution is 2.32. The Morgan fingerprint density at radius 2 is 1.39 bits per heavy atom. The van der Waals surface area contributed by atoms with Gasteiger partial charge in [0.05, 0.1) is 26.4 Å². The molecule has 0 radical (unpaired) electrons. The molecule has 1 aliphatic carbocycles. The van der Waals surface area contributed by atoms with Crippen molar-refractivity contribution in [3.05, 3.63) is 0 Å². The molecule has 1 fully saturated rings. The van der Waals surface area contributed by atoms with E-state index in [9.17, 15) is 33.9 Å². The molecule has 2 amide bonds. The first-order chi connectivity index (χ1) is 23.6. The summed E-state index contributed by atoms with van der Waals surface area (Å²) < 4.78 is 16.2. The summed E-state index contributed by atoms with van der Waals surface area (Å²) in [5.41, 5.74) is 5.39. The number of carboxylic acids is 2. The number of unbranched alkanes of at least 4 members (excludes halogenated alkanes) is 1. The maximum absolute atomic E-state index is 12.9. The molecule has 6 N–H and O–H groups in total. The first-order valence-electron chi connectivity index (χ1n) is 18.1. The summed E-state index contributed by atoms with van der Waals surface area (Å²) in [6.07, 6.45) is 7.21. The van der Waals surface area contributed by atoms with E-state index in [1.807, 2.05) is 0 Å². The Labute approximate surface area is 290 Å². The fourth-order valence-corrected chi connectivity index (χ4v) is 5.69. The number of amides is 2. The molecule has 1 rings (SSSR count). The highest BCUT2D eigenvalue weighted by atomic mass is 16.5. The minimum absolute atomic E-state index is 0.0364. The summed E-state index contributed by atoms with van der Waals surface area (Å²) >= 11 is 0. The van der Waals surface area contributed by atoms with Crippen molar-refractivity contribution in [2.75, 3.05) is 52.7 Å². The van der Waals surface area contributed by atoms with Crippen LogP contribution in [0.4, 0.5) is 0 Å². The molecule has 0 aliphatic heterocycles. The summed E-state index contributed by atoms with van der Waals surface area (Å²) in [6.45, 7) is 5.62. The fraction of sp³-hybridized carbons (Fsp3) is 0.829. The van der Waals surface area contributed by atoms with E-state index in [1.54, 1.807) is 0 Å². The van der Waals surface area contributed by atoms with Gasteiger partial charge in [-0.2, -0.15) is 0 Å². The zero-order chi connectivity index (χ0) is 36.3. The quantitative estimate of drug-likeness (QED) is 0.0659. The third-order valence-electron chi connectivity index (χ3n) is 8.74. The van der Waals surface area contributed by atoms with Crippen LogP contribution in [-0.2, 0) is 43.0 Å². The van der Waals surface area contributed by atoms with Crippen molar-refractivity contribution >= 4 is 35.3 Å². The van der Waals surface area contributed by atoms with Crippen molar-refractivity contribution in [3.8, 4) is 0 Å². The van der Waals surface area contributed by atoms with Crippen molar-refractivity contribution in [3.63, 3.8) is 0 Å². The third-order valence-corrected chi connectivity index (χ3v) is 8.74. The topological polar surface area (TPSA) is 221 Å². The normalized spacial score (nSPS) is 17.2. The smallest absolute Gasteiger partial charge is 0.326 e.